The number of phenols is 1. The molecule has 1 aromatic carbocycles. The lowest BCUT2D eigenvalue weighted by Gasteiger charge is -2.33. The number of amides is 1. The molecule has 3 nitrogen and oxygen atoms in total. The third-order valence-corrected chi connectivity index (χ3v) is 5.29. The fraction of sp³-hybridized carbons (Fsp3) is 0.611. The summed E-state index contributed by atoms with van der Waals surface area (Å²) in [5.41, 5.74) is 1.74. The molecule has 0 spiro atoms. The van der Waals surface area contributed by atoms with E-state index in [2.05, 4.69) is 13.8 Å². The molecule has 0 saturated heterocycles. The highest BCUT2D eigenvalue weighted by atomic mass is 16.3. The van der Waals surface area contributed by atoms with Crippen LogP contribution in [0.3, 0.4) is 0 Å². The Morgan fingerprint density at radius 1 is 1.24 bits per heavy atom. The fourth-order valence-corrected chi connectivity index (χ4v) is 3.85. The smallest absolute Gasteiger partial charge is 0.254 e. The molecule has 1 aliphatic carbocycles. The molecule has 3 rings (SSSR count). The van der Waals surface area contributed by atoms with Gasteiger partial charge in [0.05, 0.1) is 0 Å². The molecule has 114 valence electrons. The minimum Gasteiger partial charge on any atom is -0.508 e. The van der Waals surface area contributed by atoms with Gasteiger partial charge in [-0.25, -0.2) is 0 Å². The predicted octanol–water partition coefficient (Wildman–Crippen LogP) is 3.81. The van der Waals surface area contributed by atoms with Gasteiger partial charge in [0.1, 0.15) is 5.75 Å². The van der Waals surface area contributed by atoms with Crippen molar-refractivity contribution in [3.05, 3.63) is 29.3 Å². The zero-order chi connectivity index (χ0) is 15.0. The third-order valence-electron chi connectivity index (χ3n) is 5.29. The summed E-state index contributed by atoms with van der Waals surface area (Å²) in [5, 5.41) is 9.53. The van der Waals surface area contributed by atoms with E-state index in [1.54, 1.807) is 12.1 Å². The first kappa shape index (κ1) is 14.4. The Morgan fingerprint density at radius 2 is 1.95 bits per heavy atom. The van der Waals surface area contributed by atoms with E-state index < -0.39 is 0 Å². The van der Waals surface area contributed by atoms with Crippen LogP contribution in [0.1, 0.15) is 55.5 Å². The minimum absolute atomic E-state index is 0.0897. The molecule has 2 aliphatic rings. The van der Waals surface area contributed by atoms with Crippen LogP contribution < -0.4 is 0 Å². The van der Waals surface area contributed by atoms with Crippen molar-refractivity contribution in [2.75, 3.05) is 6.54 Å². The van der Waals surface area contributed by atoms with Gasteiger partial charge in [0, 0.05) is 18.7 Å². The molecule has 0 aromatic heterocycles. The van der Waals surface area contributed by atoms with Gasteiger partial charge in [-0.05, 0) is 61.1 Å². The molecule has 21 heavy (non-hydrogen) atoms. The highest BCUT2D eigenvalue weighted by Gasteiger charge is 2.31. The number of benzene rings is 1. The summed E-state index contributed by atoms with van der Waals surface area (Å²) >= 11 is 0. The molecule has 0 unspecified atom stereocenters. The van der Waals surface area contributed by atoms with Crippen molar-refractivity contribution >= 4 is 5.91 Å². The van der Waals surface area contributed by atoms with E-state index in [1.807, 2.05) is 11.0 Å². The van der Waals surface area contributed by atoms with Crippen LogP contribution in [0.25, 0.3) is 0 Å². The number of nitrogens with zero attached hydrogens (tertiary/aromatic N) is 1. The molecular formula is C18H25NO2. The molecule has 1 saturated carbocycles. The van der Waals surface area contributed by atoms with Crippen molar-refractivity contribution in [3.8, 4) is 5.75 Å². The summed E-state index contributed by atoms with van der Waals surface area (Å²) in [6.07, 6.45) is 5.10. The van der Waals surface area contributed by atoms with Crippen molar-refractivity contribution in [1.82, 2.24) is 4.90 Å². The molecule has 1 amide bonds. The monoisotopic (exact) mass is 287 g/mol. The highest BCUT2D eigenvalue weighted by molar-refractivity contribution is 5.98. The number of rotatable bonds is 3. The first-order chi connectivity index (χ1) is 10.0. The summed E-state index contributed by atoms with van der Waals surface area (Å²) in [7, 11) is 0. The van der Waals surface area contributed by atoms with Gasteiger partial charge < -0.3 is 10.0 Å². The van der Waals surface area contributed by atoms with Gasteiger partial charge in [0.15, 0.2) is 0 Å². The molecule has 0 radical (unpaired) electrons. The number of carbonyl (C=O) groups is 1. The van der Waals surface area contributed by atoms with E-state index in [9.17, 15) is 9.90 Å². The number of phenolic OH excluding ortho intramolecular Hbond substituents is 1. The summed E-state index contributed by atoms with van der Waals surface area (Å²) in [6.45, 7) is 6.22. The third kappa shape index (κ3) is 2.92. The molecule has 1 heterocycles. The first-order valence-corrected chi connectivity index (χ1v) is 8.15. The Bertz CT molecular complexity index is 530. The second kappa shape index (κ2) is 5.70. The molecule has 1 fully saturated rings. The topological polar surface area (TPSA) is 40.5 Å². The Labute approximate surface area is 127 Å². The van der Waals surface area contributed by atoms with Gasteiger partial charge in [-0.2, -0.15) is 0 Å². The van der Waals surface area contributed by atoms with E-state index in [-0.39, 0.29) is 11.7 Å². The SMILES string of the molecule is CC(C)C1CCC(CN2Cc3ccc(O)cc3C2=O)CC1. The van der Waals surface area contributed by atoms with Crippen molar-refractivity contribution in [2.45, 2.75) is 46.1 Å². The minimum atomic E-state index is 0.0897. The maximum atomic E-state index is 12.4. The summed E-state index contributed by atoms with van der Waals surface area (Å²) < 4.78 is 0. The van der Waals surface area contributed by atoms with Crippen molar-refractivity contribution in [1.29, 1.82) is 0 Å². The lowest BCUT2D eigenvalue weighted by molar-refractivity contribution is 0.0723. The largest absolute Gasteiger partial charge is 0.508 e. The normalized spacial score (nSPS) is 25.5. The van der Waals surface area contributed by atoms with E-state index in [0.717, 1.165) is 23.9 Å². The molecular weight excluding hydrogens is 262 g/mol. The average molecular weight is 287 g/mol. The van der Waals surface area contributed by atoms with Crippen LogP contribution in [0.4, 0.5) is 0 Å². The second-order valence-corrected chi connectivity index (χ2v) is 7.05. The number of hydrogen-bond donors (Lipinski definition) is 1. The Kier molecular flexibility index (Phi) is 3.92. The van der Waals surface area contributed by atoms with Gasteiger partial charge in [-0.3, -0.25) is 4.79 Å². The molecule has 1 N–H and O–H groups in total. The number of hydrogen-bond acceptors (Lipinski definition) is 2. The fourth-order valence-electron chi connectivity index (χ4n) is 3.85. The summed E-state index contributed by atoms with van der Waals surface area (Å²) in [5.74, 6) is 2.57. The Balaban J connectivity index is 1.60. The van der Waals surface area contributed by atoms with E-state index in [1.165, 1.54) is 25.7 Å². The van der Waals surface area contributed by atoms with Crippen molar-refractivity contribution in [2.24, 2.45) is 17.8 Å². The highest BCUT2D eigenvalue weighted by Crippen LogP contribution is 2.35. The van der Waals surface area contributed by atoms with Crippen LogP contribution in [0, 0.1) is 17.8 Å². The maximum Gasteiger partial charge on any atom is 0.254 e. The summed E-state index contributed by atoms with van der Waals surface area (Å²) in [6, 6.07) is 5.15. The van der Waals surface area contributed by atoms with Crippen molar-refractivity contribution < 1.29 is 9.90 Å². The molecule has 1 aromatic rings. The van der Waals surface area contributed by atoms with Crippen LogP contribution in [0.2, 0.25) is 0 Å². The quantitative estimate of drug-likeness (QED) is 0.918. The lowest BCUT2D eigenvalue weighted by Crippen LogP contribution is -2.32. The molecule has 1 aliphatic heterocycles. The molecule has 3 heteroatoms. The number of aromatic hydroxyl groups is 1. The van der Waals surface area contributed by atoms with Gasteiger partial charge in [0.2, 0.25) is 0 Å². The van der Waals surface area contributed by atoms with Crippen LogP contribution in [-0.4, -0.2) is 22.5 Å². The van der Waals surface area contributed by atoms with Crippen LogP contribution in [-0.2, 0) is 6.54 Å². The standard InChI is InChI=1S/C18H25NO2/c1-12(2)14-5-3-13(4-6-14)10-19-11-15-7-8-16(20)9-17(15)18(19)21/h7-9,12-14,20H,3-6,10-11H2,1-2H3. The average Bonchev–Trinajstić information content (AvgIpc) is 2.76. The maximum absolute atomic E-state index is 12.4. The van der Waals surface area contributed by atoms with Crippen LogP contribution in [0.15, 0.2) is 18.2 Å². The van der Waals surface area contributed by atoms with Gasteiger partial charge >= 0.3 is 0 Å². The zero-order valence-electron chi connectivity index (χ0n) is 13.0. The van der Waals surface area contributed by atoms with Crippen molar-refractivity contribution in [3.63, 3.8) is 0 Å². The zero-order valence-corrected chi connectivity index (χ0v) is 13.0. The lowest BCUT2D eigenvalue weighted by atomic mass is 9.77. The van der Waals surface area contributed by atoms with Crippen LogP contribution in [0.5, 0.6) is 5.75 Å². The molecule has 0 bridgehead atoms. The van der Waals surface area contributed by atoms with Gasteiger partial charge in [-0.1, -0.05) is 19.9 Å². The van der Waals surface area contributed by atoms with E-state index in [4.69, 9.17) is 0 Å². The second-order valence-electron chi connectivity index (χ2n) is 7.05. The Morgan fingerprint density at radius 3 is 2.62 bits per heavy atom. The van der Waals surface area contributed by atoms with E-state index >= 15 is 0 Å². The van der Waals surface area contributed by atoms with Gasteiger partial charge in [0.25, 0.3) is 5.91 Å². The summed E-state index contributed by atoms with van der Waals surface area (Å²) in [4.78, 5) is 14.4. The van der Waals surface area contributed by atoms with Crippen LogP contribution >= 0.6 is 0 Å². The van der Waals surface area contributed by atoms with Gasteiger partial charge in [-0.15, -0.1) is 0 Å². The predicted molar refractivity (Wildman–Crippen MR) is 83.1 cm³/mol. The first-order valence-electron chi connectivity index (χ1n) is 8.15. The molecule has 0 atom stereocenters. The Hall–Kier alpha value is -1.51. The van der Waals surface area contributed by atoms with E-state index in [0.29, 0.717) is 18.0 Å². The number of fused-ring (bicyclic) bond motifs is 1. The number of carbonyl (C=O) groups excluding carboxylic acids is 1.